The van der Waals surface area contributed by atoms with Crippen molar-refractivity contribution in [2.75, 3.05) is 0 Å². The molecule has 0 aromatic rings. The number of hydrogen-bond donors (Lipinski definition) is 0. The van der Waals surface area contributed by atoms with E-state index in [0.717, 1.165) is 6.42 Å². The largest absolute Gasteiger partial charge is 0.334 e. The maximum absolute atomic E-state index is 9.98. The van der Waals surface area contributed by atoms with Crippen molar-refractivity contribution in [2.45, 2.75) is 13.8 Å². The van der Waals surface area contributed by atoms with Gasteiger partial charge in [0, 0.05) is 52.4 Å². The summed E-state index contributed by atoms with van der Waals surface area (Å²) in [6.07, 6.45) is 1.06. The Morgan fingerprint density at radius 1 is 1.12 bits per heavy atom. The zero-order chi connectivity index (χ0) is 5.86. The van der Waals surface area contributed by atoms with Gasteiger partial charge >= 0.3 is 0 Å². The Hall–Kier alpha value is 0.561. The van der Waals surface area contributed by atoms with Crippen molar-refractivity contribution in [1.82, 2.24) is 0 Å². The second kappa shape index (κ2) is 5.69. The van der Waals surface area contributed by atoms with Gasteiger partial charge < -0.3 is 9.59 Å². The summed E-state index contributed by atoms with van der Waals surface area (Å²) in [6, 6.07) is 0. The quantitative estimate of drug-likeness (QED) is 0.519. The number of hydrogen-bond acceptors (Lipinski definition) is 2. The van der Waals surface area contributed by atoms with Crippen LogP contribution in [0.4, 0.5) is 0 Å². The van der Waals surface area contributed by atoms with Gasteiger partial charge in [-0.05, 0) is 13.8 Å². The molecule has 0 unspecified atom stereocenters. The zero-order valence-corrected chi connectivity index (χ0v) is 8.10. The molecule has 0 saturated heterocycles. The molecule has 44 valence electrons. The predicted octanol–water partition coefficient (Wildman–Crippen LogP) is 0.369. The molecule has 0 saturated carbocycles. The van der Waals surface area contributed by atoms with Gasteiger partial charge in [-0.2, -0.15) is 0 Å². The summed E-state index contributed by atoms with van der Waals surface area (Å²) in [5.41, 5.74) is 0. The molecule has 0 radical (unpaired) electrons. The van der Waals surface area contributed by atoms with Crippen molar-refractivity contribution in [3.8, 4) is 0 Å². The Labute approximate surface area is 81.6 Å². The molecule has 0 fully saturated rings. The zero-order valence-electron chi connectivity index (χ0n) is 4.89. The Bertz CT molecular complexity index is 86.6. The Balaban J connectivity index is 0. The van der Waals surface area contributed by atoms with Crippen LogP contribution in [0, 0.1) is 47.3 Å². The van der Waals surface area contributed by atoms with Gasteiger partial charge in [0.25, 0.3) is 0 Å². The van der Waals surface area contributed by atoms with E-state index < -0.39 is 0 Å². The molecule has 8 heavy (non-hydrogen) atoms. The number of rotatable bonds is 2. The van der Waals surface area contributed by atoms with Crippen molar-refractivity contribution < 1.29 is 50.4 Å². The number of carbonyl (C=O) groups is 2. The fraction of sp³-hybridized carbons (Fsp3) is 0.400. The molecule has 0 aromatic carbocycles. The summed E-state index contributed by atoms with van der Waals surface area (Å²) in [4.78, 5) is 20.0. The molecule has 0 heterocycles. The molecular weight excluding hydrogens is 236 g/mol. The first-order valence-corrected chi connectivity index (χ1v) is 1.99. The van der Waals surface area contributed by atoms with Gasteiger partial charge in [0.15, 0.2) is 0 Å². The first kappa shape index (κ1) is 11.4. The Morgan fingerprint density at radius 2 is 1.38 bits per heavy atom. The molecule has 0 N–H and O–H groups in total. The van der Waals surface area contributed by atoms with Crippen LogP contribution in [0.2, 0.25) is 0 Å². The maximum atomic E-state index is 9.98. The third-order valence-corrected chi connectivity index (χ3v) is 0.407. The van der Waals surface area contributed by atoms with E-state index in [1.807, 2.05) is 0 Å². The normalized spacial score (nSPS) is 6.75. The van der Waals surface area contributed by atoms with E-state index in [-0.39, 0.29) is 52.4 Å². The van der Waals surface area contributed by atoms with Gasteiger partial charge in [0.1, 0.15) is 0 Å². The molecule has 0 aliphatic heterocycles. The van der Waals surface area contributed by atoms with Crippen molar-refractivity contribution in [3.63, 3.8) is 0 Å². The van der Waals surface area contributed by atoms with E-state index in [9.17, 15) is 9.59 Å². The molecular formula is C5H7NdO2-. The minimum Gasteiger partial charge on any atom is -0.334 e. The number of Topliss-reactive ketones (excluding diaryl/α,β-unsaturated/α-hetero) is 2. The number of ketones is 2. The summed E-state index contributed by atoms with van der Waals surface area (Å²) in [5.74, 6) is -0.375. The van der Waals surface area contributed by atoms with Gasteiger partial charge in [-0.1, -0.05) is 0 Å². The standard InChI is InChI=1S/C5H7O2.Nd/c1-4(6)3-5(2)7;/h3H,1-2H3;/q-1;. The van der Waals surface area contributed by atoms with Crippen LogP contribution >= 0.6 is 0 Å². The maximum Gasteiger partial charge on any atom is 0.00219 e. The third-order valence-electron chi connectivity index (χ3n) is 0.407. The van der Waals surface area contributed by atoms with Crippen molar-refractivity contribution >= 4 is 11.6 Å². The SMILES string of the molecule is CC(=O)[CH-]C(C)=O.[Nd]. The van der Waals surface area contributed by atoms with Crippen LogP contribution in [0.15, 0.2) is 0 Å². The van der Waals surface area contributed by atoms with E-state index >= 15 is 0 Å². The predicted molar refractivity (Wildman–Crippen MR) is 25.7 cm³/mol. The molecule has 0 spiro atoms. The molecule has 0 atom stereocenters. The van der Waals surface area contributed by atoms with Crippen molar-refractivity contribution in [1.29, 1.82) is 0 Å². The fourth-order valence-electron chi connectivity index (χ4n) is 0.286. The van der Waals surface area contributed by atoms with Crippen LogP contribution in [0.1, 0.15) is 13.8 Å². The Morgan fingerprint density at radius 3 is 1.38 bits per heavy atom. The molecule has 0 bridgehead atoms. The van der Waals surface area contributed by atoms with E-state index in [1.54, 1.807) is 0 Å². The summed E-state index contributed by atoms with van der Waals surface area (Å²) in [6.45, 7) is 2.70. The second-order valence-corrected chi connectivity index (χ2v) is 1.37. The molecule has 0 rings (SSSR count). The fourth-order valence-corrected chi connectivity index (χ4v) is 0.286. The first-order valence-electron chi connectivity index (χ1n) is 1.99. The summed E-state index contributed by atoms with van der Waals surface area (Å²) >= 11 is 0. The van der Waals surface area contributed by atoms with Crippen LogP contribution in [-0.4, -0.2) is 11.6 Å². The minimum absolute atomic E-state index is 0. The van der Waals surface area contributed by atoms with Gasteiger partial charge in [-0.15, -0.1) is 0 Å². The molecule has 0 aliphatic rings. The summed E-state index contributed by atoms with van der Waals surface area (Å²) in [5, 5.41) is 0. The number of carbonyl (C=O) groups excluding carboxylic acids is 2. The molecule has 0 amide bonds. The average Bonchev–Trinajstić information content (AvgIpc) is 1.27. The second-order valence-electron chi connectivity index (χ2n) is 1.37. The van der Waals surface area contributed by atoms with Crippen LogP contribution in [-0.2, 0) is 9.59 Å². The monoisotopic (exact) mass is 241 g/mol. The van der Waals surface area contributed by atoms with E-state index in [4.69, 9.17) is 0 Å². The molecule has 2 nitrogen and oxygen atoms in total. The van der Waals surface area contributed by atoms with Crippen LogP contribution in [0.5, 0.6) is 0 Å². The van der Waals surface area contributed by atoms with E-state index in [0.29, 0.717) is 0 Å². The van der Waals surface area contributed by atoms with Crippen LogP contribution in [0.3, 0.4) is 0 Å². The first-order chi connectivity index (χ1) is 3.13. The topological polar surface area (TPSA) is 34.1 Å². The van der Waals surface area contributed by atoms with Gasteiger partial charge in [-0.3, -0.25) is 6.42 Å². The van der Waals surface area contributed by atoms with Crippen molar-refractivity contribution in [3.05, 3.63) is 6.42 Å². The van der Waals surface area contributed by atoms with Gasteiger partial charge in [-0.25, -0.2) is 0 Å². The van der Waals surface area contributed by atoms with Crippen molar-refractivity contribution in [2.24, 2.45) is 0 Å². The van der Waals surface area contributed by atoms with E-state index in [1.165, 1.54) is 13.8 Å². The van der Waals surface area contributed by atoms with E-state index in [2.05, 4.69) is 0 Å². The summed E-state index contributed by atoms with van der Waals surface area (Å²) < 4.78 is 0. The van der Waals surface area contributed by atoms with Crippen LogP contribution in [0.25, 0.3) is 0 Å². The van der Waals surface area contributed by atoms with Crippen LogP contribution < -0.4 is 0 Å². The van der Waals surface area contributed by atoms with Gasteiger partial charge in [0.2, 0.25) is 0 Å². The van der Waals surface area contributed by atoms with Gasteiger partial charge in [0.05, 0.1) is 0 Å². The molecule has 3 heteroatoms. The molecule has 0 aliphatic carbocycles. The minimum atomic E-state index is -0.187. The Kier molecular flexibility index (Phi) is 8.09. The summed E-state index contributed by atoms with van der Waals surface area (Å²) in [7, 11) is 0. The smallest absolute Gasteiger partial charge is 0.00219 e. The third kappa shape index (κ3) is 9.75. The molecule has 0 aromatic heterocycles. The average molecular weight is 243 g/mol.